The zero-order valence-corrected chi connectivity index (χ0v) is 15.3. The van der Waals surface area contributed by atoms with E-state index >= 15 is 0 Å². The van der Waals surface area contributed by atoms with E-state index in [1.165, 1.54) is 11.3 Å². The van der Waals surface area contributed by atoms with Gasteiger partial charge in [0, 0.05) is 11.7 Å². The van der Waals surface area contributed by atoms with Gasteiger partial charge in [0.2, 0.25) is 0 Å². The van der Waals surface area contributed by atoms with Crippen LogP contribution in [0.5, 0.6) is 5.75 Å². The van der Waals surface area contributed by atoms with Gasteiger partial charge in [-0.2, -0.15) is 0 Å². The highest BCUT2D eigenvalue weighted by Gasteiger charge is 2.27. The van der Waals surface area contributed by atoms with E-state index in [1.807, 2.05) is 24.3 Å². The molecule has 136 valence electrons. The Bertz CT molecular complexity index is 969. The van der Waals surface area contributed by atoms with Crippen molar-refractivity contribution < 1.29 is 9.53 Å². The molecule has 0 aliphatic carbocycles. The average Bonchev–Trinajstić information content (AvgIpc) is 3.04. The van der Waals surface area contributed by atoms with E-state index in [1.54, 1.807) is 31.5 Å². The molecule has 1 aliphatic rings. The van der Waals surface area contributed by atoms with E-state index in [4.69, 9.17) is 4.74 Å². The standard InChI is InChI=1S/C22H21N3O2/c1-15-13-16-7-3-5-9-20(16)25(15)17-11-12-19(23-14-17)22(26)24-18-8-4-6-10-21(18)27-2/h3-12,14-15H,13H2,1-2H3,(H,24,26). The van der Waals surface area contributed by atoms with Gasteiger partial charge in [-0.05, 0) is 49.2 Å². The van der Waals surface area contributed by atoms with Crippen LogP contribution in [0.4, 0.5) is 17.1 Å². The van der Waals surface area contributed by atoms with Crippen LogP contribution in [0.3, 0.4) is 0 Å². The third kappa shape index (κ3) is 3.24. The molecule has 2 heterocycles. The number of para-hydroxylation sites is 3. The number of fused-ring (bicyclic) bond motifs is 1. The highest BCUT2D eigenvalue weighted by Crippen LogP contribution is 2.37. The summed E-state index contributed by atoms with van der Waals surface area (Å²) in [6.07, 6.45) is 2.77. The second kappa shape index (κ2) is 7.11. The number of nitrogens with zero attached hydrogens (tertiary/aromatic N) is 2. The van der Waals surface area contributed by atoms with Crippen LogP contribution in [0, 0.1) is 0 Å². The maximum absolute atomic E-state index is 12.5. The molecule has 2 aromatic carbocycles. The normalized spacial score (nSPS) is 15.3. The highest BCUT2D eigenvalue weighted by atomic mass is 16.5. The van der Waals surface area contributed by atoms with Crippen molar-refractivity contribution in [1.82, 2.24) is 4.98 Å². The second-order valence-electron chi connectivity index (χ2n) is 6.61. The number of anilines is 3. The van der Waals surface area contributed by atoms with E-state index in [9.17, 15) is 4.79 Å². The van der Waals surface area contributed by atoms with E-state index in [-0.39, 0.29) is 5.91 Å². The molecule has 5 nitrogen and oxygen atoms in total. The number of amides is 1. The molecule has 4 rings (SSSR count). The lowest BCUT2D eigenvalue weighted by Gasteiger charge is -2.24. The van der Waals surface area contributed by atoms with Gasteiger partial charge in [0.1, 0.15) is 11.4 Å². The van der Waals surface area contributed by atoms with Gasteiger partial charge in [-0.15, -0.1) is 0 Å². The predicted molar refractivity (Wildman–Crippen MR) is 107 cm³/mol. The molecule has 1 atom stereocenters. The van der Waals surface area contributed by atoms with E-state index in [0.29, 0.717) is 23.2 Å². The molecule has 0 spiro atoms. The molecule has 1 unspecified atom stereocenters. The predicted octanol–water partition coefficient (Wildman–Crippen LogP) is 4.43. The summed E-state index contributed by atoms with van der Waals surface area (Å²) in [7, 11) is 1.58. The van der Waals surface area contributed by atoms with Crippen LogP contribution in [-0.2, 0) is 6.42 Å². The zero-order chi connectivity index (χ0) is 18.8. The first-order chi connectivity index (χ1) is 13.2. The molecule has 1 aromatic heterocycles. The summed E-state index contributed by atoms with van der Waals surface area (Å²) in [5, 5.41) is 2.85. The van der Waals surface area contributed by atoms with Crippen LogP contribution in [0.15, 0.2) is 66.9 Å². The number of pyridine rings is 1. The first-order valence-electron chi connectivity index (χ1n) is 8.95. The second-order valence-corrected chi connectivity index (χ2v) is 6.61. The van der Waals surface area contributed by atoms with Crippen LogP contribution in [-0.4, -0.2) is 24.0 Å². The molecule has 0 bridgehead atoms. The number of hydrogen-bond acceptors (Lipinski definition) is 4. The van der Waals surface area contributed by atoms with Crippen LogP contribution >= 0.6 is 0 Å². The van der Waals surface area contributed by atoms with Crippen molar-refractivity contribution in [3.05, 3.63) is 78.1 Å². The van der Waals surface area contributed by atoms with Crippen molar-refractivity contribution in [2.75, 3.05) is 17.3 Å². The largest absolute Gasteiger partial charge is 0.495 e. The topological polar surface area (TPSA) is 54.5 Å². The molecule has 3 aromatic rings. The van der Waals surface area contributed by atoms with Crippen molar-refractivity contribution in [1.29, 1.82) is 0 Å². The lowest BCUT2D eigenvalue weighted by Crippen LogP contribution is -2.24. The fourth-order valence-corrected chi connectivity index (χ4v) is 3.56. The van der Waals surface area contributed by atoms with E-state index in [0.717, 1.165) is 12.1 Å². The Kier molecular flexibility index (Phi) is 4.50. The van der Waals surface area contributed by atoms with Crippen LogP contribution in [0.25, 0.3) is 0 Å². The minimum Gasteiger partial charge on any atom is -0.495 e. The maximum Gasteiger partial charge on any atom is 0.274 e. The fraction of sp³-hybridized carbons (Fsp3) is 0.182. The van der Waals surface area contributed by atoms with Crippen molar-refractivity contribution in [3.8, 4) is 5.75 Å². The number of methoxy groups -OCH3 is 1. The van der Waals surface area contributed by atoms with E-state index < -0.39 is 0 Å². The third-order valence-electron chi connectivity index (χ3n) is 4.82. The van der Waals surface area contributed by atoms with E-state index in [2.05, 4.69) is 40.3 Å². The zero-order valence-electron chi connectivity index (χ0n) is 15.3. The first-order valence-corrected chi connectivity index (χ1v) is 8.95. The Morgan fingerprint density at radius 3 is 2.67 bits per heavy atom. The highest BCUT2D eigenvalue weighted by molar-refractivity contribution is 6.03. The fourth-order valence-electron chi connectivity index (χ4n) is 3.56. The summed E-state index contributed by atoms with van der Waals surface area (Å²) in [5.74, 6) is 0.353. The number of carbonyl (C=O) groups excluding carboxylic acids is 1. The Labute approximate surface area is 158 Å². The summed E-state index contributed by atoms with van der Waals surface area (Å²) in [6, 6.07) is 19.8. The molecule has 1 amide bonds. The van der Waals surface area contributed by atoms with Crippen molar-refractivity contribution in [2.24, 2.45) is 0 Å². The number of benzene rings is 2. The van der Waals surface area contributed by atoms with Crippen molar-refractivity contribution in [2.45, 2.75) is 19.4 Å². The van der Waals surface area contributed by atoms with Crippen LogP contribution in [0.1, 0.15) is 23.0 Å². The van der Waals surface area contributed by atoms with Crippen LogP contribution in [0.2, 0.25) is 0 Å². The Balaban J connectivity index is 1.55. The van der Waals surface area contributed by atoms with Gasteiger partial charge in [0.05, 0.1) is 24.7 Å². The molecular formula is C22H21N3O2. The molecule has 0 saturated carbocycles. The number of carbonyl (C=O) groups is 1. The van der Waals surface area contributed by atoms with Gasteiger partial charge < -0.3 is 15.0 Å². The molecule has 1 N–H and O–H groups in total. The minimum absolute atomic E-state index is 0.263. The molecule has 0 radical (unpaired) electrons. The maximum atomic E-state index is 12.5. The van der Waals surface area contributed by atoms with Gasteiger partial charge >= 0.3 is 0 Å². The average molecular weight is 359 g/mol. The summed E-state index contributed by atoms with van der Waals surface area (Å²) >= 11 is 0. The summed E-state index contributed by atoms with van der Waals surface area (Å²) < 4.78 is 5.27. The molecule has 27 heavy (non-hydrogen) atoms. The van der Waals surface area contributed by atoms with Gasteiger partial charge in [0.25, 0.3) is 5.91 Å². The summed E-state index contributed by atoms with van der Waals surface area (Å²) in [6.45, 7) is 2.20. The quantitative estimate of drug-likeness (QED) is 0.749. The Morgan fingerprint density at radius 2 is 1.89 bits per heavy atom. The van der Waals surface area contributed by atoms with Crippen molar-refractivity contribution in [3.63, 3.8) is 0 Å². The van der Waals surface area contributed by atoms with Gasteiger partial charge in [0.15, 0.2) is 0 Å². The molecule has 0 saturated heterocycles. The molecule has 5 heteroatoms. The number of ether oxygens (including phenoxy) is 1. The number of aromatic nitrogens is 1. The Morgan fingerprint density at radius 1 is 1.11 bits per heavy atom. The SMILES string of the molecule is COc1ccccc1NC(=O)c1ccc(N2c3ccccc3CC2C)cn1. The van der Waals surface area contributed by atoms with Gasteiger partial charge in [-0.1, -0.05) is 30.3 Å². The van der Waals surface area contributed by atoms with Gasteiger partial charge in [-0.25, -0.2) is 4.98 Å². The number of nitrogens with one attached hydrogen (secondary N) is 1. The minimum atomic E-state index is -0.263. The summed E-state index contributed by atoms with van der Waals surface area (Å²) in [5.41, 5.74) is 4.52. The summed E-state index contributed by atoms with van der Waals surface area (Å²) in [4.78, 5) is 19.2. The monoisotopic (exact) mass is 359 g/mol. The lowest BCUT2D eigenvalue weighted by atomic mass is 10.1. The van der Waals surface area contributed by atoms with Gasteiger partial charge in [-0.3, -0.25) is 4.79 Å². The Hall–Kier alpha value is -3.34. The lowest BCUT2D eigenvalue weighted by molar-refractivity contribution is 0.102. The molecule has 0 fully saturated rings. The first kappa shape index (κ1) is 17.1. The number of hydrogen-bond donors (Lipinski definition) is 1. The molecular weight excluding hydrogens is 338 g/mol. The number of rotatable bonds is 4. The third-order valence-corrected chi connectivity index (χ3v) is 4.82. The smallest absolute Gasteiger partial charge is 0.274 e. The molecule has 1 aliphatic heterocycles. The van der Waals surface area contributed by atoms with Crippen molar-refractivity contribution >= 4 is 23.0 Å². The van der Waals surface area contributed by atoms with Crippen LogP contribution < -0.4 is 15.0 Å².